The van der Waals surface area contributed by atoms with E-state index in [9.17, 15) is 18.8 Å². The third-order valence-electron chi connectivity index (χ3n) is 4.83. The van der Waals surface area contributed by atoms with Gasteiger partial charge in [-0.15, -0.1) is 11.3 Å². The van der Waals surface area contributed by atoms with Gasteiger partial charge in [0.15, 0.2) is 0 Å². The number of hydrogen-bond acceptors (Lipinski definition) is 5. The lowest BCUT2D eigenvalue weighted by Crippen LogP contribution is -2.33. The van der Waals surface area contributed by atoms with E-state index in [2.05, 4.69) is 15.6 Å². The zero-order chi connectivity index (χ0) is 21.8. The first-order chi connectivity index (χ1) is 14.3. The van der Waals surface area contributed by atoms with Crippen molar-refractivity contribution in [3.63, 3.8) is 0 Å². The van der Waals surface area contributed by atoms with Gasteiger partial charge in [0.1, 0.15) is 17.2 Å². The summed E-state index contributed by atoms with van der Waals surface area (Å²) in [7, 11) is 0. The molecule has 0 saturated carbocycles. The van der Waals surface area contributed by atoms with E-state index in [0.29, 0.717) is 27.9 Å². The molecule has 7 nitrogen and oxygen atoms in total. The second kappa shape index (κ2) is 9.17. The fourth-order valence-electron chi connectivity index (χ4n) is 2.96. The minimum Gasteiger partial charge on any atom is -0.355 e. The van der Waals surface area contributed by atoms with E-state index in [0.717, 1.165) is 10.4 Å². The number of nitrogens with zero attached hydrogens (tertiary/aromatic N) is 2. The number of halogens is 1. The molecule has 0 unspecified atom stereocenters. The normalized spacial score (nSPS) is 10.9. The van der Waals surface area contributed by atoms with Crippen LogP contribution in [0.3, 0.4) is 0 Å². The first kappa shape index (κ1) is 21.6. The van der Waals surface area contributed by atoms with E-state index in [1.807, 2.05) is 13.8 Å². The Morgan fingerprint density at radius 2 is 1.97 bits per heavy atom. The summed E-state index contributed by atoms with van der Waals surface area (Å²) in [6.07, 6.45) is 1.98. The summed E-state index contributed by atoms with van der Waals surface area (Å²) in [6.45, 7) is 5.61. The summed E-state index contributed by atoms with van der Waals surface area (Å²) in [4.78, 5) is 42.7. The Kier molecular flexibility index (Phi) is 6.61. The van der Waals surface area contributed by atoms with Gasteiger partial charge in [0, 0.05) is 23.5 Å². The molecule has 30 heavy (non-hydrogen) atoms. The molecule has 0 aliphatic rings. The summed E-state index contributed by atoms with van der Waals surface area (Å²) >= 11 is 1.46. The Morgan fingerprint density at radius 3 is 2.70 bits per heavy atom. The zero-order valence-electron chi connectivity index (χ0n) is 17.0. The van der Waals surface area contributed by atoms with Crippen LogP contribution < -0.4 is 16.2 Å². The lowest BCUT2D eigenvalue weighted by molar-refractivity contribution is -0.122. The van der Waals surface area contributed by atoms with Crippen LogP contribution in [0.1, 0.15) is 28.8 Å². The van der Waals surface area contributed by atoms with Gasteiger partial charge in [-0.05, 0) is 50.5 Å². The largest absolute Gasteiger partial charge is 0.355 e. The van der Waals surface area contributed by atoms with Crippen LogP contribution in [0.5, 0.6) is 0 Å². The molecule has 0 aliphatic carbocycles. The minimum atomic E-state index is -0.379. The van der Waals surface area contributed by atoms with E-state index in [1.54, 1.807) is 19.1 Å². The van der Waals surface area contributed by atoms with Gasteiger partial charge in [0.2, 0.25) is 11.8 Å². The molecule has 0 fully saturated rings. The fourth-order valence-corrected chi connectivity index (χ4v) is 3.95. The number of aryl methyl sites for hydroxylation is 3. The van der Waals surface area contributed by atoms with E-state index in [4.69, 9.17) is 0 Å². The summed E-state index contributed by atoms with van der Waals surface area (Å²) in [5, 5.41) is 5.88. The van der Waals surface area contributed by atoms with Gasteiger partial charge in [-0.25, -0.2) is 9.37 Å². The third kappa shape index (κ3) is 4.91. The van der Waals surface area contributed by atoms with E-state index < -0.39 is 0 Å². The standard InChI is InChI=1S/C21H23FN4O3S/c1-12-6-7-15(9-16(12)22)25-17(27)5-4-8-23-18(28)10-26-11-24-20-19(21(26)29)13(2)14(3)30-20/h6-7,9,11H,4-5,8,10H2,1-3H3,(H,23,28)(H,25,27). The number of nitrogens with one attached hydrogen (secondary N) is 2. The molecule has 2 heterocycles. The third-order valence-corrected chi connectivity index (χ3v) is 5.94. The number of thiophene rings is 1. The number of anilines is 1. The van der Waals surface area contributed by atoms with Crippen molar-refractivity contribution >= 4 is 39.1 Å². The van der Waals surface area contributed by atoms with Crippen molar-refractivity contribution in [1.82, 2.24) is 14.9 Å². The van der Waals surface area contributed by atoms with Gasteiger partial charge in [-0.3, -0.25) is 19.0 Å². The Labute approximate surface area is 176 Å². The first-order valence-corrected chi connectivity index (χ1v) is 10.4. The van der Waals surface area contributed by atoms with Gasteiger partial charge in [0.05, 0.1) is 11.7 Å². The molecule has 158 valence electrons. The molecule has 2 N–H and O–H groups in total. The van der Waals surface area contributed by atoms with Crippen LogP contribution in [-0.4, -0.2) is 27.9 Å². The molecule has 0 atom stereocenters. The van der Waals surface area contributed by atoms with E-state index in [-0.39, 0.29) is 42.7 Å². The highest BCUT2D eigenvalue weighted by Gasteiger charge is 2.13. The SMILES string of the molecule is Cc1ccc(NC(=O)CCCNC(=O)Cn2cnc3sc(C)c(C)c3c2=O)cc1F. The van der Waals surface area contributed by atoms with Crippen molar-refractivity contribution in [3.05, 3.63) is 56.7 Å². The van der Waals surface area contributed by atoms with E-state index in [1.165, 1.54) is 28.3 Å². The molecule has 2 amide bonds. The Balaban J connectivity index is 1.47. The monoisotopic (exact) mass is 430 g/mol. The van der Waals surface area contributed by atoms with Crippen LogP contribution in [0.25, 0.3) is 10.2 Å². The van der Waals surface area contributed by atoms with Gasteiger partial charge in [0.25, 0.3) is 5.56 Å². The second-order valence-electron chi connectivity index (χ2n) is 7.11. The average Bonchev–Trinajstić information content (AvgIpc) is 2.99. The summed E-state index contributed by atoms with van der Waals surface area (Å²) in [5.74, 6) is -0.971. The molecular weight excluding hydrogens is 407 g/mol. The molecule has 0 spiro atoms. The topological polar surface area (TPSA) is 93.1 Å². The minimum absolute atomic E-state index is 0.134. The quantitative estimate of drug-likeness (QED) is 0.564. The molecule has 2 aromatic heterocycles. The lowest BCUT2D eigenvalue weighted by Gasteiger charge is -2.08. The number of benzene rings is 1. The van der Waals surface area contributed by atoms with Gasteiger partial charge in [-0.1, -0.05) is 6.07 Å². The number of fused-ring (bicyclic) bond motifs is 1. The highest BCUT2D eigenvalue weighted by atomic mass is 32.1. The van der Waals surface area contributed by atoms with Gasteiger partial charge in [-0.2, -0.15) is 0 Å². The average molecular weight is 431 g/mol. The number of rotatable bonds is 7. The molecule has 1 aromatic carbocycles. The van der Waals surface area contributed by atoms with Crippen molar-refractivity contribution in [1.29, 1.82) is 0 Å². The highest BCUT2D eigenvalue weighted by Crippen LogP contribution is 2.25. The predicted octanol–water partition coefficient (Wildman–Crippen LogP) is 3.06. The molecular formula is C21H23FN4O3S. The van der Waals surface area contributed by atoms with Crippen LogP contribution in [0, 0.1) is 26.6 Å². The van der Waals surface area contributed by atoms with Gasteiger partial charge < -0.3 is 10.6 Å². The maximum absolute atomic E-state index is 13.5. The van der Waals surface area contributed by atoms with Crippen LogP contribution in [0.15, 0.2) is 29.3 Å². The smallest absolute Gasteiger partial charge is 0.262 e. The van der Waals surface area contributed by atoms with Crippen LogP contribution in [-0.2, 0) is 16.1 Å². The number of amides is 2. The maximum Gasteiger partial charge on any atom is 0.262 e. The van der Waals surface area contributed by atoms with Crippen molar-refractivity contribution in [2.24, 2.45) is 0 Å². The van der Waals surface area contributed by atoms with E-state index >= 15 is 0 Å². The van der Waals surface area contributed by atoms with Crippen LogP contribution in [0.4, 0.5) is 10.1 Å². The van der Waals surface area contributed by atoms with Crippen LogP contribution in [0.2, 0.25) is 0 Å². The number of carbonyl (C=O) groups excluding carboxylic acids is 2. The molecule has 3 rings (SSSR count). The number of carbonyl (C=O) groups is 2. The van der Waals surface area contributed by atoms with Crippen LogP contribution >= 0.6 is 11.3 Å². The van der Waals surface area contributed by atoms with Crippen molar-refractivity contribution in [2.75, 3.05) is 11.9 Å². The van der Waals surface area contributed by atoms with Crippen molar-refractivity contribution in [3.8, 4) is 0 Å². The number of hydrogen-bond donors (Lipinski definition) is 2. The Morgan fingerprint density at radius 1 is 1.20 bits per heavy atom. The molecule has 0 saturated heterocycles. The number of aromatic nitrogens is 2. The molecule has 9 heteroatoms. The highest BCUT2D eigenvalue weighted by molar-refractivity contribution is 7.18. The van der Waals surface area contributed by atoms with Gasteiger partial charge >= 0.3 is 0 Å². The summed E-state index contributed by atoms with van der Waals surface area (Å²) < 4.78 is 14.8. The molecule has 0 radical (unpaired) electrons. The second-order valence-corrected chi connectivity index (χ2v) is 8.31. The molecule has 0 aliphatic heterocycles. The molecule has 0 bridgehead atoms. The Hall–Kier alpha value is -3.07. The fraction of sp³-hybridized carbons (Fsp3) is 0.333. The summed E-state index contributed by atoms with van der Waals surface area (Å²) in [6, 6.07) is 4.50. The predicted molar refractivity (Wildman–Crippen MR) is 115 cm³/mol. The molecule has 3 aromatic rings. The lowest BCUT2D eigenvalue weighted by atomic mass is 10.2. The zero-order valence-corrected chi connectivity index (χ0v) is 17.9. The van der Waals surface area contributed by atoms with Crippen molar-refractivity contribution < 1.29 is 14.0 Å². The maximum atomic E-state index is 13.5. The van der Waals surface area contributed by atoms with Crippen molar-refractivity contribution in [2.45, 2.75) is 40.2 Å². The Bertz CT molecular complexity index is 1170. The summed E-state index contributed by atoms with van der Waals surface area (Å²) in [5.41, 5.74) is 1.56. The first-order valence-electron chi connectivity index (χ1n) is 9.54.